The zero-order valence-electron chi connectivity index (χ0n) is 15.7. The summed E-state index contributed by atoms with van der Waals surface area (Å²) < 4.78 is 76.9. The van der Waals surface area contributed by atoms with Crippen molar-refractivity contribution in [2.75, 3.05) is 5.75 Å². The van der Waals surface area contributed by atoms with Gasteiger partial charge in [-0.05, 0) is 19.1 Å². The van der Waals surface area contributed by atoms with Gasteiger partial charge in [0.1, 0.15) is 11.4 Å². The number of hydrogen-bond donors (Lipinski definition) is 0. The van der Waals surface area contributed by atoms with Crippen molar-refractivity contribution in [2.24, 2.45) is 0 Å². The van der Waals surface area contributed by atoms with Crippen molar-refractivity contribution >= 4 is 16.0 Å². The standard InChI is InChI=1S/C18H15F4N5O2S/c1-3-30(28,29)13-7-12(17-23-5-4-6-24-17)8-25-16(13)15-11(2)27(10-26-15)9-14(19)18(20,21)22/h4-10H,3H2,1-2H3/b14-9-. The van der Waals surface area contributed by atoms with E-state index in [9.17, 15) is 26.0 Å². The van der Waals surface area contributed by atoms with Crippen LogP contribution in [0.5, 0.6) is 0 Å². The fourth-order valence-corrected chi connectivity index (χ4v) is 3.63. The smallest absolute Gasteiger partial charge is 0.307 e. The van der Waals surface area contributed by atoms with Crippen molar-refractivity contribution in [1.82, 2.24) is 24.5 Å². The van der Waals surface area contributed by atoms with E-state index in [2.05, 4.69) is 19.9 Å². The Balaban J connectivity index is 2.18. The molecule has 0 aliphatic rings. The minimum Gasteiger partial charge on any atom is -0.307 e. The van der Waals surface area contributed by atoms with Gasteiger partial charge in [-0.1, -0.05) is 6.92 Å². The van der Waals surface area contributed by atoms with E-state index in [1.54, 1.807) is 6.07 Å². The van der Waals surface area contributed by atoms with Gasteiger partial charge < -0.3 is 4.57 Å². The van der Waals surface area contributed by atoms with Crippen LogP contribution in [0.3, 0.4) is 0 Å². The number of aromatic nitrogens is 5. The lowest BCUT2D eigenvalue weighted by Gasteiger charge is -2.10. The molecule has 0 aromatic carbocycles. The average Bonchev–Trinajstić information content (AvgIpc) is 3.07. The zero-order chi connectivity index (χ0) is 22.1. The van der Waals surface area contributed by atoms with Crippen LogP contribution in [0.4, 0.5) is 17.6 Å². The highest BCUT2D eigenvalue weighted by Crippen LogP contribution is 2.32. The lowest BCUT2D eigenvalue weighted by molar-refractivity contribution is -0.107. The quantitative estimate of drug-likeness (QED) is 0.559. The Morgan fingerprint density at radius 3 is 2.40 bits per heavy atom. The third-order valence-electron chi connectivity index (χ3n) is 4.18. The monoisotopic (exact) mass is 441 g/mol. The van der Waals surface area contributed by atoms with Crippen LogP contribution >= 0.6 is 0 Å². The maximum absolute atomic E-state index is 13.3. The number of alkyl halides is 3. The number of hydrogen-bond acceptors (Lipinski definition) is 6. The predicted octanol–water partition coefficient (Wildman–Crippen LogP) is 3.83. The van der Waals surface area contributed by atoms with Crippen molar-refractivity contribution in [1.29, 1.82) is 0 Å². The fourth-order valence-electron chi connectivity index (χ4n) is 2.57. The summed E-state index contributed by atoms with van der Waals surface area (Å²) in [6.45, 7) is 2.82. The summed E-state index contributed by atoms with van der Waals surface area (Å²) >= 11 is 0. The van der Waals surface area contributed by atoms with Gasteiger partial charge in [-0.25, -0.2) is 27.8 Å². The second-order valence-electron chi connectivity index (χ2n) is 6.11. The number of rotatable bonds is 5. The molecule has 0 fully saturated rings. The highest BCUT2D eigenvalue weighted by Gasteiger charge is 2.35. The molecule has 0 radical (unpaired) electrons. The zero-order valence-corrected chi connectivity index (χ0v) is 16.5. The van der Waals surface area contributed by atoms with E-state index in [1.807, 2.05) is 0 Å². The van der Waals surface area contributed by atoms with Crippen LogP contribution in [0.25, 0.3) is 29.0 Å². The minimum atomic E-state index is -5.15. The van der Waals surface area contributed by atoms with Crippen molar-refractivity contribution in [3.05, 3.63) is 48.6 Å². The molecule has 0 saturated carbocycles. The molecule has 30 heavy (non-hydrogen) atoms. The summed E-state index contributed by atoms with van der Waals surface area (Å²) in [5.41, 5.74) is 0.368. The van der Waals surface area contributed by atoms with E-state index in [1.165, 1.54) is 38.5 Å². The average molecular weight is 441 g/mol. The van der Waals surface area contributed by atoms with E-state index < -0.39 is 21.8 Å². The van der Waals surface area contributed by atoms with Crippen LogP contribution in [0.2, 0.25) is 0 Å². The van der Waals surface area contributed by atoms with Crippen molar-refractivity contribution in [2.45, 2.75) is 24.9 Å². The molecule has 0 atom stereocenters. The largest absolute Gasteiger partial charge is 0.444 e. The molecule has 12 heteroatoms. The first-order chi connectivity index (χ1) is 14.0. The molecule has 0 spiro atoms. The van der Waals surface area contributed by atoms with E-state index >= 15 is 0 Å². The lowest BCUT2D eigenvalue weighted by atomic mass is 10.2. The third kappa shape index (κ3) is 4.22. The lowest BCUT2D eigenvalue weighted by Crippen LogP contribution is -2.09. The number of imidazole rings is 1. The second kappa shape index (κ2) is 7.94. The van der Waals surface area contributed by atoms with Gasteiger partial charge in [-0.2, -0.15) is 13.2 Å². The second-order valence-corrected chi connectivity index (χ2v) is 8.35. The van der Waals surface area contributed by atoms with Crippen LogP contribution in [0, 0.1) is 6.92 Å². The van der Waals surface area contributed by atoms with Crippen LogP contribution in [0.1, 0.15) is 12.6 Å². The van der Waals surface area contributed by atoms with Crippen molar-refractivity contribution in [3.8, 4) is 22.8 Å². The molecular formula is C18H15F4N5O2S. The van der Waals surface area contributed by atoms with Crippen LogP contribution < -0.4 is 0 Å². The number of sulfone groups is 1. The van der Waals surface area contributed by atoms with Gasteiger partial charge in [0.25, 0.3) is 0 Å². The molecular weight excluding hydrogens is 426 g/mol. The number of nitrogens with zero attached hydrogens (tertiary/aromatic N) is 5. The normalized spacial score (nSPS) is 12.9. The Hall–Kier alpha value is -3.15. The molecule has 0 aliphatic heterocycles. The number of allylic oxidation sites excluding steroid dienone is 1. The molecule has 0 N–H and O–H groups in total. The Kier molecular flexibility index (Phi) is 5.70. The first-order valence-electron chi connectivity index (χ1n) is 8.53. The summed E-state index contributed by atoms with van der Waals surface area (Å²) in [7, 11) is -3.80. The maximum atomic E-state index is 13.3. The summed E-state index contributed by atoms with van der Waals surface area (Å²) in [5, 5.41) is 0. The summed E-state index contributed by atoms with van der Waals surface area (Å²) in [6, 6.07) is 2.93. The summed E-state index contributed by atoms with van der Waals surface area (Å²) in [4.78, 5) is 16.1. The van der Waals surface area contributed by atoms with Gasteiger partial charge in [0, 0.05) is 29.8 Å². The number of halogens is 4. The molecule has 0 aliphatic carbocycles. The maximum Gasteiger partial charge on any atom is 0.444 e. The summed E-state index contributed by atoms with van der Waals surface area (Å²) in [6.07, 6.45) is 0.336. The Morgan fingerprint density at radius 1 is 1.13 bits per heavy atom. The Labute approximate surface area is 169 Å². The molecule has 3 rings (SSSR count). The molecule has 0 amide bonds. The SMILES string of the molecule is CCS(=O)(=O)c1cc(-c2ncccn2)cnc1-c1ncn(/C=C(\F)C(F)(F)F)c1C. The summed E-state index contributed by atoms with van der Waals surface area (Å²) in [5.74, 6) is -2.31. The Bertz CT molecular complexity index is 1210. The van der Waals surface area contributed by atoms with Gasteiger partial charge in [-0.3, -0.25) is 4.98 Å². The van der Waals surface area contributed by atoms with Gasteiger partial charge in [0.2, 0.25) is 5.83 Å². The predicted molar refractivity (Wildman–Crippen MR) is 100 cm³/mol. The van der Waals surface area contributed by atoms with Gasteiger partial charge >= 0.3 is 6.18 Å². The molecule has 3 heterocycles. The Morgan fingerprint density at radius 2 is 1.80 bits per heavy atom. The van der Waals surface area contributed by atoms with Crippen molar-refractivity contribution in [3.63, 3.8) is 0 Å². The van der Waals surface area contributed by atoms with Crippen LogP contribution in [-0.4, -0.2) is 44.8 Å². The van der Waals surface area contributed by atoms with Crippen LogP contribution in [0.15, 0.2) is 47.8 Å². The fraction of sp³-hybridized carbons (Fsp3) is 0.222. The highest BCUT2D eigenvalue weighted by molar-refractivity contribution is 7.91. The molecule has 0 unspecified atom stereocenters. The van der Waals surface area contributed by atoms with Gasteiger partial charge in [0.05, 0.1) is 23.2 Å². The van der Waals surface area contributed by atoms with E-state index in [0.717, 1.165) is 10.9 Å². The van der Waals surface area contributed by atoms with E-state index in [0.29, 0.717) is 5.56 Å². The first-order valence-corrected chi connectivity index (χ1v) is 10.2. The molecule has 7 nitrogen and oxygen atoms in total. The minimum absolute atomic E-state index is 0.00813. The van der Waals surface area contributed by atoms with E-state index in [4.69, 9.17) is 0 Å². The topological polar surface area (TPSA) is 90.6 Å². The third-order valence-corrected chi connectivity index (χ3v) is 5.92. The molecule has 0 bridgehead atoms. The van der Waals surface area contributed by atoms with Gasteiger partial charge in [-0.15, -0.1) is 0 Å². The van der Waals surface area contributed by atoms with Crippen molar-refractivity contribution < 1.29 is 26.0 Å². The van der Waals surface area contributed by atoms with Gasteiger partial charge in [0.15, 0.2) is 15.7 Å². The molecule has 3 aromatic heterocycles. The van der Waals surface area contributed by atoms with Crippen LogP contribution in [-0.2, 0) is 9.84 Å². The first kappa shape index (κ1) is 21.6. The molecule has 3 aromatic rings. The molecule has 0 saturated heterocycles. The highest BCUT2D eigenvalue weighted by atomic mass is 32.2. The van der Waals surface area contributed by atoms with E-state index in [-0.39, 0.29) is 39.8 Å². The number of pyridine rings is 1. The molecule has 158 valence electrons.